The minimum absolute atomic E-state index is 0.338. The number of β-amino-alcohol motifs (C(OH)–C–C–N with tert-alkyl or cyclic N) is 1. The lowest BCUT2D eigenvalue weighted by molar-refractivity contribution is 0.0171. The third-order valence-corrected chi connectivity index (χ3v) is 3.71. The predicted molar refractivity (Wildman–Crippen MR) is 75.8 cm³/mol. The standard InChI is InChI=1S/C12H22N4O2S/c1-9(2)11-14-12(19-15-11)13-7-10(17)8-16-3-5-18-6-4-16/h9-10,17H,3-8H2,1-2H3,(H,13,14,15). The molecule has 0 aromatic carbocycles. The molecule has 108 valence electrons. The van der Waals surface area contributed by atoms with Crippen molar-refractivity contribution in [2.45, 2.75) is 25.9 Å². The first kappa shape index (κ1) is 14.6. The number of hydrogen-bond donors (Lipinski definition) is 2. The van der Waals surface area contributed by atoms with E-state index in [-0.39, 0.29) is 0 Å². The highest BCUT2D eigenvalue weighted by Gasteiger charge is 2.15. The van der Waals surface area contributed by atoms with Crippen molar-refractivity contribution in [2.75, 3.05) is 44.7 Å². The Balaban J connectivity index is 1.71. The van der Waals surface area contributed by atoms with Gasteiger partial charge in [-0.25, -0.2) is 4.98 Å². The normalized spacial score (nSPS) is 18.7. The van der Waals surface area contributed by atoms with Crippen molar-refractivity contribution in [3.8, 4) is 0 Å². The van der Waals surface area contributed by atoms with E-state index in [2.05, 4.69) is 33.4 Å². The molecule has 0 aliphatic carbocycles. The molecule has 0 saturated carbocycles. The summed E-state index contributed by atoms with van der Waals surface area (Å²) in [6.45, 7) is 8.62. The number of aliphatic hydroxyl groups excluding tert-OH is 1. The number of anilines is 1. The van der Waals surface area contributed by atoms with E-state index in [0.717, 1.165) is 37.3 Å². The first-order chi connectivity index (χ1) is 9.15. The van der Waals surface area contributed by atoms with Gasteiger partial charge in [0.15, 0.2) is 0 Å². The van der Waals surface area contributed by atoms with Crippen LogP contribution in [0.25, 0.3) is 0 Å². The molecule has 0 spiro atoms. The van der Waals surface area contributed by atoms with Gasteiger partial charge in [0.25, 0.3) is 0 Å². The highest BCUT2D eigenvalue weighted by atomic mass is 32.1. The van der Waals surface area contributed by atoms with E-state index in [9.17, 15) is 5.11 Å². The van der Waals surface area contributed by atoms with Gasteiger partial charge in [-0.05, 0) is 0 Å². The zero-order chi connectivity index (χ0) is 13.7. The van der Waals surface area contributed by atoms with Crippen LogP contribution in [0.2, 0.25) is 0 Å². The number of hydrogen-bond acceptors (Lipinski definition) is 7. The fraction of sp³-hybridized carbons (Fsp3) is 0.833. The van der Waals surface area contributed by atoms with E-state index in [1.165, 1.54) is 11.5 Å². The Kier molecular flexibility index (Phi) is 5.50. The molecule has 1 aromatic rings. The van der Waals surface area contributed by atoms with E-state index in [4.69, 9.17) is 4.74 Å². The Labute approximate surface area is 118 Å². The molecule has 6 nitrogen and oxygen atoms in total. The van der Waals surface area contributed by atoms with Crippen LogP contribution in [0.4, 0.5) is 5.13 Å². The maximum absolute atomic E-state index is 9.99. The van der Waals surface area contributed by atoms with Crippen LogP contribution in [-0.4, -0.2) is 64.9 Å². The average molecular weight is 286 g/mol. The maximum Gasteiger partial charge on any atom is 0.202 e. The second-order valence-electron chi connectivity index (χ2n) is 5.06. The summed E-state index contributed by atoms with van der Waals surface area (Å²) in [7, 11) is 0. The number of aromatic nitrogens is 2. The Bertz CT molecular complexity index is 380. The quantitative estimate of drug-likeness (QED) is 0.805. The minimum atomic E-state index is -0.399. The summed E-state index contributed by atoms with van der Waals surface area (Å²) in [6.07, 6.45) is -0.399. The van der Waals surface area contributed by atoms with Gasteiger partial charge in [0.2, 0.25) is 5.13 Å². The average Bonchev–Trinajstić information content (AvgIpc) is 2.86. The molecule has 0 radical (unpaired) electrons. The number of nitrogens with zero attached hydrogens (tertiary/aromatic N) is 3. The second-order valence-corrected chi connectivity index (χ2v) is 5.81. The Morgan fingerprint density at radius 3 is 2.79 bits per heavy atom. The summed E-state index contributed by atoms with van der Waals surface area (Å²) in [5, 5.41) is 13.9. The van der Waals surface area contributed by atoms with Gasteiger partial charge in [0, 0.05) is 43.6 Å². The zero-order valence-electron chi connectivity index (χ0n) is 11.5. The van der Waals surface area contributed by atoms with Crippen molar-refractivity contribution in [1.29, 1.82) is 0 Å². The summed E-state index contributed by atoms with van der Waals surface area (Å²) in [5.41, 5.74) is 0. The topological polar surface area (TPSA) is 70.5 Å². The molecule has 1 saturated heterocycles. The predicted octanol–water partition coefficient (Wildman–Crippen LogP) is 0.766. The van der Waals surface area contributed by atoms with Gasteiger partial charge in [-0.1, -0.05) is 13.8 Å². The Morgan fingerprint density at radius 1 is 1.42 bits per heavy atom. The van der Waals surface area contributed by atoms with E-state index in [1.54, 1.807) is 0 Å². The van der Waals surface area contributed by atoms with Crippen LogP contribution in [0.15, 0.2) is 0 Å². The van der Waals surface area contributed by atoms with Crippen molar-refractivity contribution in [1.82, 2.24) is 14.3 Å². The van der Waals surface area contributed by atoms with Gasteiger partial charge < -0.3 is 15.2 Å². The monoisotopic (exact) mass is 286 g/mol. The van der Waals surface area contributed by atoms with E-state index in [1.807, 2.05) is 0 Å². The highest BCUT2D eigenvalue weighted by molar-refractivity contribution is 7.09. The largest absolute Gasteiger partial charge is 0.390 e. The number of morpholine rings is 1. The lowest BCUT2D eigenvalue weighted by Crippen LogP contribution is -2.42. The number of ether oxygens (including phenoxy) is 1. The molecular formula is C12H22N4O2S. The third kappa shape index (κ3) is 4.68. The van der Waals surface area contributed by atoms with Crippen LogP contribution in [0.3, 0.4) is 0 Å². The van der Waals surface area contributed by atoms with Crippen LogP contribution >= 0.6 is 11.5 Å². The molecule has 1 aromatic heterocycles. The highest BCUT2D eigenvalue weighted by Crippen LogP contribution is 2.17. The molecule has 1 unspecified atom stereocenters. The molecule has 1 aliphatic heterocycles. The molecular weight excluding hydrogens is 264 g/mol. The van der Waals surface area contributed by atoms with Crippen LogP contribution in [0.1, 0.15) is 25.6 Å². The Hall–Kier alpha value is -0.760. The first-order valence-electron chi connectivity index (χ1n) is 6.71. The van der Waals surface area contributed by atoms with Crippen LogP contribution in [-0.2, 0) is 4.74 Å². The molecule has 2 heterocycles. The van der Waals surface area contributed by atoms with E-state index >= 15 is 0 Å². The lowest BCUT2D eigenvalue weighted by Gasteiger charge is -2.28. The van der Waals surface area contributed by atoms with Crippen LogP contribution in [0, 0.1) is 0 Å². The van der Waals surface area contributed by atoms with E-state index in [0.29, 0.717) is 19.0 Å². The van der Waals surface area contributed by atoms with Gasteiger partial charge in [-0.3, -0.25) is 4.90 Å². The summed E-state index contributed by atoms with van der Waals surface area (Å²) in [6, 6.07) is 0. The lowest BCUT2D eigenvalue weighted by atomic mass is 10.2. The summed E-state index contributed by atoms with van der Waals surface area (Å²) < 4.78 is 9.55. The number of rotatable bonds is 6. The maximum atomic E-state index is 9.99. The molecule has 2 N–H and O–H groups in total. The van der Waals surface area contributed by atoms with Crippen LogP contribution < -0.4 is 5.32 Å². The van der Waals surface area contributed by atoms with Gasteiger partial charge in [0.05, 0.1) is 19.3 Å². The Morgan fingerprint density at radius 2 is 2.16 bits per heavy atom. The molecule has 1 fully saturated rings. The number of aliphatic hydroxyl groups is 1. The van der Waals surface area contributed by atoms with Crippen molar-refractivity contribution < 1.29 is 9.84 Å². The van der Waals surface area contributed by atoms with Gasteiger partial charge in [-0.15, -0.1) is 0 Å². The fourth-order valence-electron chi connectivity index (χ4n) is 1.89. The fourth-order valence-corrected chi connectivity index (χ4v) is 2.61. The minimum Gasteiger partial charge on any atom is -0.390 e. The summed E-state index contributed by atoms with van der Waals surface area (Å²) in [4.78, 5) is 6.60. The molecule has 2 rings (SSSR count). The number of nitrogens with one attached hydrogen (secondary N) is 1. The molecule has 1 aliphatic rings. The molecule has 0 bridgehead atoms. The SMILES string of the molecule is CC(C)c1nsc(NCC(O)CN2CCOCC2)n1. The zero-order valence-corrected chi connectivity index (χ0v) is 12.3. The van der Waals surface area contributed by atoms with Crippen LogP contribution in [0.5, 0.6) is 0 Å². The van der Waals surface area contributed by atoms with Crippen molar-refractivity contribution >= 4 is 16.7 Å². The van der Waals surface area contributed by atoms with Gasteiger partial charge in [-0.2, -0.15) is 4.37 Å². The molecule has 7 heteroatoms. The molecule has 0 amide bonds. The van der Waals surface area contributed by atoms with Crippen molar-refractivity contribution in [2.24, 2.45) is 0 Å². The first-order valence-corrected chi connectivity index (χ1v) is 7.48. The molecule has 1 atom stereocenters. The van der Waals surface area contributed by atoms with Crippen molar-refractivity contribution in [3.05, 3.63) is 5.82 Å². The second kappa shape index (κ2) is 7.14. The third-order valence-electron chi connectivity index (χ3n) is 3.02. The summed E-state index contributed by atoms with van der Waals surface area (Å²) >= 11 is 1.35. The molecule has 19 heavy (non-hydrogen) atoms. The smallest absolute Gasteiger partial charge is 0.202 e. The van der Waals surface area contributed by atoms with E-state index < -0.39 is 6.10 Å². The summed E-state index contributed by atoms with van der Waals surface area (Å²) in [5.74, 6) is 1.19. The van der Waals surface area contributed by atoms with Gasteiger partial charge in [0.1, 0.15) is 5.82 Å². The van der Waals surface area contributed by atoms with Gasteiger partial charge >= 0.3 is 0 Å². The van der Waals surface area contributed by atoms with Crippen molar-refractivity contribution in [3.63, 3.8) is 0 Å².